The molecule has 1 nitrogen and oxygen atoms in total. The molecule has 0 aliphatic rings. The molecule has 20 heavy (non-hydrogen) atoms. The van der Waals surface area contributed by atoms with E-state index in [9.17, 15) is 17.6 Å². The first kappa shape index (κ1) is 14.5. The number of hydrogen-bond donors (Lipinski definition) is 1. The van der Waals surface area contributed by atoms with Crippen LogP contribution in [0.5, 0.6) is 0 Å². The largest absolute Gasteiger partial charge is 0.313 e. The minimum absolute atomic E-state index is 0.0863. The summed E-state index contributed by atoms with van der Waals surface area (Å²) in [5, 5.41) is 2.85. The van der Waals surface area contributed by atoms with Gasteiger partial charge in [-0.05, 0) is 54.9 Å². The zero-order valence-corrected chi connectivity index (χ0v) is 10.8. The third-order valence-corrected chi connectivity index (χ3v) is 3.07. The van der Waals surface area contributed by atoms with Gasteiger partial charge in [-0.25, -0.2) is 17.6 Å². The second-order valence-corrected chi connectivity index (χ2v) is 4.48. The van der Waals surface area contributed by atoms with Gasteiger partial charge >= 0.3 is 0 Å². The van der Waals surface area contributed by atoms with Crippen molar-refractivity contribution in [1.82, 2.24) is 5.32 Å². The van der Waals surface area contributed by atoms with Crippen LogP contribution in [0.15, 0.2) is 36.4 Å². The minimum atomic E-state index is -0.708. The minimum Gasteiger partial charge on any atom is -0.313 e. The lowest BCUT2D eigenvalue weighted by molar-refractivity contribution is 0.531. The van der Waals surface area contributed by atoms with E-state index in [-0.39, 0.29) is 12.0 Å². The van der Waals surface area contributed by atoms with Crippen molar-refractivity contribution in [3.8, 4) is 0 Å². The highest BCUT2D eigenvalue weighted by molar-refractivity contribution is 5.26. The van der Waals surface area contributed by atoms with Crippen molar-refractivity contribution in [1.29, 1.82) is 0 Å². The summed E-state index contributed by atoms with van der Waals surface area (Å²) in [4.78, 5) is 0. The zero-order valence-electron chi connectivity index (χ0n) is 10.8. The van der Waals surface area contributed by atoms with Crippen molar-refractivity contribution in [3.63, 3.8) is 0 Å². The normalized spacial score (nSPS) is 12.4. The monoisotopic (exact) mass is 283 g/mol. The Balaban J connectivity index is 2.30. The maximum atomic E-state index is 13.6. The molecule has 106 valence electrons. The lowest BCUT2D eigenvalue weighted by Gasteiger charge is -2.17. The summed E-state index contributed by atoms with van der Waals surface area (Å²) in [5.41, 5.74) is 0.489. The molecule has 0 saturated carbocycles. The summed E-state index contributed by atoms with van der Waals surface area (Å²) in [6.07, 6.45) is 0.0863. The van der Waals surface area contributed by atoms with Crippen LogP contribution in [0.3, 0.4) is 0 Å². The van der Waals surface area contributed by atoms with Crippen molar-refractivity contribution >= 4 is 0 Å². The van der Waals surface area contributed by atoms with Crippen LogP contribution in [0.2, 0.25) is 0 Å². The van der Waals surface area contributed by atoms with Crippen LogP contribution < -0.4 is 5.32 Å². The lowest BCUT2D eigenvalue weighted by atomic mass is 9.98. The van der Waals surface area contributed by atoms with Crippen LogP contribution in [0, 0.1) is 23.3 Å². The van der Waals surface area contributed by atoms with Gasteiger partial charge in [0.15, 0.2) is 0 Å². The fourth-order valence-corrected chi connectivity index (χ4v) is 2.08. The number of hydrogen-bond acceptors (Lipinski definition) is 1. The Bertz CT molecular complexity index is 593. The number of likely N-dealkylation sites (N-methyl/N-ethyl adjacent to an activating group) is 1. The third-order valence-electron chi connectivity index (χ3n) is 3.07. The molecule has 2 rings (SSSR count). The molecule has 0 heterocycles. The second-order valence-electron chi connectivity index (χ2n) is 4.48. The van der Waals surface area contributed by atoms with E-state index in [4.69, 9.17) is 0 Å². The van der Waals surface area contributed by atoms with Gasteiger partial charge in [0.25, 0.3) is 0 Å². The van der Waals surface area contributed by atoms with Gasteiger partial charge in [0.1, 0.15) is 23.3 Å². The summed E-state index contributed by atoms with van der Waals surface area (Å²) in [6, 6.07) is 5.71. The smallest absolute Gasteiger partial charge is 0.126 e. The Hall–Kier alpha value is -1.88. The van der Waals surface area contributed by atoms with Gasteiger partial charge in [-0.1, -0.05) is 0 Å². The highest BCUT2D eigenvalue weighted by Crippen LogP contribution is 2.22. The highest BCUT2D eigenvalue weighted by atomic mass is 19.1. The Labute approximate surface area is 114 Å². The molecule has 0 aliphatic carbocycles. The van der Waals surface area contributed by atoms with Gasteiger partial charge in [0, 0.05) is 12.1 Å². The van der Waals surface area contributed by atoms with Gasteiger partial charge in [0.05, 0.1) is 0 Å². The lowest BCUT2D eigenvalue weighted by Crippen LogP contribution is -2.20. The molecule has 0 fully saturated rings. The molecule has 1 atom stereocenters. The Morgan fingerprint density at radius 3 is 2.15 bits per heavy atom. The molecule has 2 aromatic rings. The van der Waals surface area contributed by atoms with Gasteiger partial charge in [-0.2, -0.15) is 0 Å². The topological polar surface area (TPSA) is 12.0 Å². The number of nitrogens with one attached hydrogen (secondary N) is 1. The third kappa shape index (κ3) is 3.36. The van der Waals surface area contributed by atoms with Crippen LogP contribution in [-0.2, 0) is 6.42 Å². The fourth-order valence-electron chi connectivity index (χ4n) is 2.08. The maximum absolute atomic E-state index is 13.6. The number of benzene rings is 2. The highest BCUT2D eigenvalue weighted by Gasteiger charge is 2.15. The van der Waals surface area contributed by atoms with E-state index in [1.54, 1.807) is 7.05 Å². The zero-order chi connectivity index (χ0) is 14.7. The van der Waals surface area contributed by atoms with E-state index in [2.05, 4.69) is 5.32 Å². The summed E-state index contributed by atoms with van der Waals surface area (Å²) >= 11 is 0. The Morgan fingerprint density at radius 1 is 0.900 bits per heavy atom. The molecule has 1 N–H and O–H groups in total. The Morgan fingerprint density at radius 2 is 1.55 bits per heavy atom. The molecule has 0 amide bonds. The van der Waals surface area contributed by atoms with Crippen molar-refractivity contribution in [2.24, 2.45) is 0 Å². The predicted molar refractivity (Wildman–Crippen MR) is 68.2 cm³/mol. The number of rotatable bonds is 4. The average Bonchev–Trinajstić information content (AvgIpc) is 2.38. The molecule has 0 radical (unpaired) electrons. The van der Waals surface area contributed by atoms with E-state index in [0.29, 0.717) is 5.56 Å². The molecule has 5 heteroatoms. The summed E-state index contributed by atoms with van der Waals surface area (Å²) in [5.74, 6) is -2.52. The quantitative estimate of drug-likeness (QED) is 0.843. The Kier molecular flexibility index (Phi) is 4.39. The van der Waals surface area contributed by atoms with Gasteiger partial charge in [0.2, 0.25) is 0 Å². The molecular weight excluding hydrogens is 270 g/mol. The van der Waals surface area contributed by atoms with Gasteiger partial charge < -0.3 is 5.32 Å². The van der Waals surface area contributed by atoms with Crippen molar-refractivity contribution in [3.05, 3.63) is 70.8 Å². The van der Waals surface area contributed by atoms with Crippen molar-refractivity contribution < 1.29 is 17.6 Å². The van der Waals surface area contributed by atoms with E-state index in [1.165, 1.54) is 12.1 Å². The SMILES string of the molecule is CNC(Cc1cc(F)ccc1F)c1cc(F)cc(F)c1. The van der Waals surface area contributed by atoms with Crippen LogP contribution >= 0.6 is 0 Å². The summed E-state index contributed by atoms with van der Waals surface area (Å²) in [6.45, 7) is 0. The number of halogens is 4. The second kappa shape index (κ2) is 6.05. The van der Waals surface area contributed by atoms with E-state index in [1.807, 2.05) is 0 Å². The van der Waals surface area contributed by atoms with Crippen LogP contribution in [-0.4, -0.2) is 7.05 Å². The molecule has 0 bridgehead atoms. The molecule has 2 aromatic carbocycles. The first-order valence-corrected chi connectivity index (χ1v) is 6.07. The predicted octanol–water partition coefficient (Wildman–Crippen LogP) is 3.75. The van der Waals surface area contributed by atoms with Crippen LogP contribution in [0.1, 0.15) is 17.2 Å². The standard InChI is InChI=1S/C15H13F4N/c1-20-15(10-5-12(17)8-13(18)6-10)7-9-4-11(16)2-3-14(9)19/h2-6,8,15,20H,7H2,1H3. The van der Waals surface area contributed by atoms with E-state index >= 15 is 0 Å². The average molecular weight is 283 g/mol. The fraction of sp³-hybridized carbons (Fsp3) is 0.200. The molecule has 0 saturated heterocycles. The molecule has 0 aliphatic heterocycles. The molecule has 1 unspecified atom stereocenters. The summed E-state index contributed by atoms with van der Waals surface area (Å²) in [7, 11) is 1.59. The summed E-state index contributed by atoms with van der Waals surface area (Å²) < 4.78 is 53.1. The molecule has 0 aromatic heterocycles. The van der Waals surface area contributed by atoms with Gasteiger partial charge in [-0.3, -0.25) is 0 Å². The van der Waals surface area contributed by atoms with Crippen molar-refractivity contribution in [2.45, 2.75) is 12.5 Å². The first-order chi connectivity index (χ1) is 9.49. The van der Waals surface area contributed by atoms with Crippen LogP contribution in [0.25, 0.3) is 0 Å². The maximum Gasteiger partial charge on any atom is 0.126 e. The van der Waals surface area contributed by atoms with E-state index in [0.717, 1.165) is 24.3 Å². The van der Waals surface area contributed by atoms with Gasteiger partial charge in [-0.15, -0.1) is 0 Å². The molecule has 0 spiro atoms. The van der Waals surface area contributed by atoms with E-state index < -0.39 is 29.3 Å². The molecular formula is C15H13F4N. The van der Waals surface area contributed by atoms with Crippen LogP contribution in [0.4, 0.5) is 17.6 Å². The van der Waals surface area contributed by atoms with Crippen molar-refractivity contribution in [2.75, 3.05) is 7.05 Å². The first-order valence-electron chi connectivity index (χ1n) is 6.07.